The van der Waals surface area contributed by atoms with E-state index in [1.54, 1.807) is 12.3 Å². The number of esters is 1. The van der Waals surface area contributed by atoms with Crippen LogP contribution < -0.4 is 10.6 Å². The Morgan fingerprint density at radius 1 is 1.55 bits per heavy atom. The van der Waals surface area contributed by atoms with Gasteiger partial charge < -0.3 is 15.4 Å². The predicted octanol–water partition coefficient (Wildman–Crippen LogP) is 1.95. The van der Waals surface area contributed by atoms with Crippen LogP contribution in [0.25, 0.3) is 0 Å². The lowest BCUT2D eigenvalue weighted by Crippen LogP contribution is -2.58. The van der Waals surface area contributed by atoms with Crippen molar-refractivity contribution in [2.24, 2.45) is 0 Å². The number of carbonyl (C=O) groups excluding carboxylic acids is 1. The Morgan fingerprint density at radius 2 is 2.40 bits per heavy atom. The molecule has 1 saturated heterocycles. The van der Waals surface area contributed by atoms with E-state index >= 15 is 0 Å². The normalized spacial score (nSPS) is 23.9. The van der Waals surface area contributed by atoms with Crippen LogP contribution in [0.4, 0.5) is 5.69 Å². The molecule has 2 aliphatic rings. The molecule has 1 unspecified atom stereocenters. The zero-order valence-corrected chi connectivity index (χ0v) is 11.8. The first kappa shape index (κ1) is 13.4. The predicted molar refractivity (Wildman–Crippen MR) is 76.8 cm³/mol. The molecule has 1 aliphatic carbocycles. The molecule has 1 aliphatic heterocycles. The molecule has 3 rings (SSSR count). The summed E-state index contributed by atoms with van der Waals surface area (Å²) in [6, 6.07) is 4.13. The summed E-state index contributed by atoms with van der Waals surface area (Å²) in [5.41, 5.74) is 1.67. The number of nitrogens with zero attached hydrogens (tertiary/aromatic N) is 1. The number of rotatable bonds is 3. The average molecular weight is 275 g/mol. The second-order valence-electron chi connectivity index (χ2n) is 5.82. The van der Waals surface area contributed by atoms with Gasteiger partial charge in [-0.3, -0.25) is 0 Å². The Kier molecular flexibility index (Phi) is 3.61. The molecule has 1 saturated carbocycles. The molecule has 108 valence electrons. The van der Waals surface area contributed by atoms with E-state index in [1.165, 1.54) is 26.4 Å². The van der Waals surface area contributed by atoms with Gasteiger partial charge in [0.25, 0.3) is 0 Å². The van der Waals surface area contributed by atoms with E-state index in [4.69, 9.17) is 4.74 Å². The first-order chi connectivity index (χ1) is 9.71. The second kappa shape index (κ2) is 5.40. The lowest BCUT2D eigenvalue weighted by molar-refractivity contribution is 0.0594. The van der Waals surface area contributed by atoms with Crippen LogP contribution in [-0.4, -0.2) is 36.2 Å². The Bertz CT molecular complexity index is 500. The van der Waals surface area contributed by atoms with Crippen LogP contribution in [0, 0.1) is 0 Å². The van der Waals surface area contributed by atoms with Crippen LogP contribution in [0.15, 0.2) is 18.3 Å². The zero-order chi connectivity index (χ0) is 14.0. The van der Waals surface area contributed by atoms with Crippen LogP contribution in [0.3, 0.4) is 0 Å². The number of methoxy groups -OCH3 is 1. The van der Waals surface area contributed by atoms with Crippen LogP contribution in [0.5, 0.6) is 0 Å². The molecule has 5 nitrogen and oxygen atoms in total. The molecule has 5 heteroatoms. The van der Waals surface area contributed by atoms with Crippen molar-refractivity contribution >= 4 is 11.7 Å². The van der Waals surface area contributed by atoms with Crippen molar-refractivity contribution in [1.29, 1.82) is 0 Å². The fourth-order valence-corrected chi connectivity index (χ4v) is 3.24. The largest absolute Gasteiger partial charge is 0.464 e. The van der Waals surface area contributed by atoms with Crippen LogP contribution >= 0.6 is 0 Å². The van der Waals surface area contributed by atoms with Crippen LogP contribution in [-0.2, 0) is 4.74 Å². The smallest absolute Gasteiger partial charge is 0.356 e. The van der Waals surface area contributed by atoms with E-state index in [0.29, 0.717) is 17.3 Å². The van der Waals surface area contributed by atoms with Gasteiger partial charge in [-0.15, -0.1) is 0 Å². The molecule has 0 bridgehead atoms. The third-order valence-corrected chi connectivity index (χ3v) is 4.47. The van der Waals surface area contributed by atoms with Crippen molar-refractivity contribution in [3.05, 3.63) is 24.0 Å². The highest BCUT2D eigenvalue weighted by Crippen LogP contribution is 2.38. The lowest BCUT2D eigenvalue weighted by atomic mass is 9.70. The number of hydrogen-bond donors (Lipinski definition) is 2. The molecule has 1 spiro atoms. The number of aromatic nitrogens is 1. The van der Waals surface area contributed by atoms with Gasteiger partial charge in [0.1, 0.15) is 5.69 Å². The summed E-state index contributed by atoms with van der Waals surface area (Å²) < 4.78 is 4.70. The first-order valence-electron chi connectivity index (χ1n) is 7.27. The van der Waals surface area contributed by atoms with E-state index in [2.05, 4.69) is 15.6 Å². The maximum atomic E-state index is 11.5. The number of piperidine rings is 1. The number of pyridine rings is 1. The van der Waals surface area contributed by atoms with Crippen molar-refractivity contribution in [2.45, 2.75) is 43.7 Å². The van der Waals surface area contributed by atoms with Gasteiger partial charge >= 0.3 is 5.97 Å². The standard InChI is InChI=1S/C15H21N3O2/c1-20-14(19)13-9-11(3-7-16-13)18-12-4-8-17-15(10-12)5-2-6-15/h3,7,9,12,17H,2,4-6,8,10H2,1H3,(H,16,18). The maximum absolute atomic E-state index is 11.5. The van der Waals surface area contributed by atoms with Gasteiger partial charge in [0.05, 0.1) is 7.11 Å². The van der Waals surface area contributed by atoms with E-state index in [9.17, 15) is 4.79 Å². The summed E-state index contributed by atoms with van der Waals surface area (Å²) in [4.78, 5) is 15.5. The number of ether oxygens (including phenoxy) is 1. The summed E-state index contributed by atoms with van der Waals surface area (Å²) in [5.74, 6) is -0.394. The molecular weight excluding hydrogens is 254 g/mol. The third kappa shape index (κ3) is 2.63. The molecule has 20 heavy (non-hydrogen) atoms. The fraction of sp³-hybridized carbons (Fsp3) is 0.600. The van der Waals surface area contributed by atoms with Gasteiger partial charge in [-0.25, -0.2) is 9.78 Å². The van der Waals surface area contributed by atoms with Gasteiger partial charge in [0.15, 0.2) is 0 Å². The van der Waals surface area contributed by atoms with Crippen molar-refractivity contribution in [1.82, 2.24) is 10.3 Å². The molecule has 1 aromatic heterocycles. The summed E-state index contributed by atoms with van der Waals surface area (Å²) in [5, 5.41) is 7.20. The van der Waals surface area contributed by atoms with E-state index < -0.39 is 5.97 Å². The highest BCUT2D eigenvalue weighted by atomic mass is 16.5. The third-order valence-electron chi connectivity index (χ3n) is 4.47. The minimum absolute atomic E-state index is 0.352. The van der Waals surface area contributed by atoms with Gasteiger partial charge in [0, 0.05) is 23.5 Å². The number of anilines is 1. The van der Waals surface area contributed by atoms with Gasteiger partial charge in [0.2, 0.25) is 0 Å². The molecule has 2 heterocycles. The number of nitrogens with one attached hydrogen (secondary N) is 2. The minimum atomic E-state index is -0.394. The summed E-state index contributed by atoms with van der Waals surface area (Å²) in [7, 11) is 1.37. The molecule has 1 atom stereocenters. The minimum Gasteiger partial charge on any atom is -0.464 e. The quantitative estimate of drug-likeness (QED) is 0.826. The fourth-order valence-electron chi connectivity index (χ4n) is 3.24. The maximum Gasteiger partial charge on any atom is 0.356 e. The zero-order valence-electron chi connectivity index (χ0n) is 11.8. The van der Waals surface area contributed by atoms with E-state index in [1.807, 2.05) is 6.07 Å². The number of hydrogen-bond acceptors (Lipinski definition) is 5. The van der Waals surface area contributed by atoms with E-state index in [-0.39, 0.29) is 0 Å². The average Bonchev–Trinajstić information content (AvgIpc) is 2.45. The topological polar surface area (TPSA) is 63.2 Å². The summed E-state index contributed by atoms with van der Waals surface area (Å²) in [6.07, 6.45) is 7.82. The van der Waals surface area contributed by atoms with Crippen molar-refractivity contribution in [3.8, 4) is 0 Å². The molecular formula is C15H21N3O2. The summed E-state index contributed by atoms with van der Waals surface area (Å²) in [6.45, 7) is 1.06. The highest BCUT2D eigenvalue weighted by molar-refractivity contribution is 5.88. The molecule has 0 amide bonds. The van der Waals surface area contributed by atoms with Crippen molar-refractivity contribution in [2.75, 3.05) is 19.0 Å². The van der Waals surface area contributed by atoms with Crippen LogP contribution in [0.2, 0.25) is 0 Å². The Hall–Kier alpha value is -1.62. The van der Waals surface area contributed by atoms with Crippen molar-refractivity contribution in [3.63, 3.8) is 0 Å². The molecule has 2 N–H and O–H groups in total. The second-order valence-corrected chi connectivity index (χ2v) is 5.82. The molecule has 1 aromatic rings. The lowest BCUT2D eigenvalue weighted by Gasteiger charge is -2.48. The summed E-state index contributed by atoms with van der Waals surface area (Å²) >= 11 is 0. The number of carbonyl (C=O) groups is 1. The Balaban J connectivity index is 1.66. The SMILES string of the molecule is COC(=O)c1cc(NC2CCNC3(CCC3)C2)ccn1. The van der Waals surface area contributed by atoms with Crippen LogP contribution in [0.1, 0.15) is 42.6 Å². The van der Waals surface area contributed by atoms with Gasteiger partial charge in [-0.1, -0.05) is 0 Å². The Labute approximate surface area is 119 Å². The molecule has 0 radical (unpaired) electrons. The highest BCUT2D eigenvalue weighted by Gasteiger charge is 2.40. The monoisotopic (exact) mass is 275 g/mol. The molecule has 2 fully saturated rings. The first-order valence-corrected chi connectivity index (χ1v) is 7.27. The van der Waals surface area contributed by atoms with Gasteiger partial charge in [-0.05, 0) is 50.8 Å². The Morgan fingerprint density at radius 3 is 3.10 bits per heavy atom. The van der Waals surface area contributed by atoms with Crippen molar-refractivity contribution < 1.29 is 9.53 Å². The van der Waals surface area contributed by atoms with Gasteiger partial charge in [-0.2, -0.15) is 0 Å². The van der Waals surface area contributed by atoms with E-state index in [0.717, 1.165) is 25.1 Å². The molecule has 0 aromatic carbocycles.